The van der Waals surface area contributed by atoms with Gasteiger partial charge in [-0.15, -0.1) is 0 Å². The summed E-state index contributed by atoms with van der Waals surface area (Å²) in [6.45, 7) is 4.05. The molecule has 0 aliphatic carbocycles. The fraction of sp³-hybridized carbons (Fsp3) is 0.391. The van der Waals surface area contributed by atoms with E-state index in [2.05, 4.69) is 34.3 Å². The highest BCUT2D eigenvalue weighted by atomic mass is 16.5. The van der Waals surface area contributed by atoms with E-state index in [9.17, 15) is 4.79 Å². The molecule has 1 atom stereocenters. The number of nitrogens with one attached hydrogen (secondary N) is 2. The minimum Gasteiger partial charge on any atom is -0.497 e. The molecule has 7 nitrogen and oxygen atoms in total. The number of rotatable bonds is 6. The van der Waals surface area contributed by atoms with Crippen molar-refractivity contribution in [3.05, 3.63) is 47.5 Å². The van der Waals surface area contributed by atoms with Crippen LogP contribution in [0.4, 0.5) is 5.95 Å². The summed E-state index contributed by atoms with van der Waals surface area (Å²) in [6, 6.07) is 11.8. The van der Waals surface area contributed by atoms with Crippen molar-refractivity contribution in [3.63, 3.8) is 0 Å². The van der Waals surface area contributed by atoms with E-state index in [0.717, 1.165) is 47.7 Å². The highest BCUT2D eigenvalue weighted by Crippen LogP contribution is 2.26. The lowest BCUT2D eigenvalue weighted by Crippen LogP contribution is -2.43. The van der Waals surface area contributed by atoms with Crippen LogP contribution in [-0.2, 0) is 11.3 Å². The number of piperidine rings is 1. The number of H-pyrrole nitrogens is 1. The van der Waals surface area contributed by atoms with Crippen LogP contribution in [0.1, 0.15) is 24.0 Å². The maximum absolute atomic E-state index is 12.9. The van der Waals surface area contributed by atoms with Gasteiger partial charge in [0.05, 0.1) is 31.2 Å². The van der Waals surface area contributed by atoms with Gasteiger partial charge in [-0.2, -0.15) is 0 Å². The van der Waals surface area contributed by atoms with Crippen molar-refractivity contribution in [2.24, 2.45) is 5.92 Å². The fourth-order valence-corrected chi connectivity index (χ4v) is 3.97. The average Bonchev–Trinajstić information content (AvgIpc) is 3.20. The first-order valence-electron chi connectivity index (χ1n) is 10.3. The van der Waals surface area contributed by atoms with Gasteiger partial charge in [0.25, 0.3) is 0 Å². The van der Waals surface area contributed by atoms with E-state index >= 15 is 0 Å². The molecule has 1 unspecified atom stereocenters. The van der Waals surface area contributed by atoms with Gasteiger partial charge in [0.1, 0.15) is 11.5 Å². The molecule has 7 heteroatoms. The summed E-state index contributed by atoms with van der Waals surface area (Å²) in [7, 11) is 3.24. The van der Waals surface area contributed by atoms with Crippen molar-refractivity contribution in [1.82, 2.24) is 15.3 Å². The minimum absolute atomic E-state index is 0.0597. The number of hydrogen-bond acceptors (Lipinski definition) is 5. The van der Waals surface area contributed by atoms with E-state index in [1.54, 1.807) is 14.2 Å². The molecule has 2 N–H and O–H groups in total. The van der Waals surface area contributed by atoms with Gasteiger partial charge < -0.3 is 24.7 Å². The highest BCUT2D eigenvalue weighted by Gasteiger charge is 2.27. The van der Waals surface area contributed by atoms with Crippen LogP contribution in [0, 0.1) is 12.8 Å². The molecule has 2 aromatic carbocycles. The van der Waals surface area contributed by atoms with Crippen LogP contribution in [0.3, 0.4) is 0 Å². The fourth-order valence-electron chi connectivity index (χ4n) is 3.97. The second kappa shape index (κ2) is 8.65. The lowest BCUT2D eigenvalue weighted by molar-refractivity contribution is -0.125. The third-order valence-corrected chi connectivity index (χ3v) is 5.66. The van der Waals surface area contributed by atoms with E-state index < -0.39 is 0 Å². The Morgan fingerprint density at radius 1 is 1.23 bits per heavy atom. The molecular weight excluding hydrogens is 380 g/mol. The van der Waals surface area contributed by atoms with E-state index in [-0.39, 0.29) is 11.8 Å². The van der Waals surface area contributed by atoms with E-state index in [1.807, 2.05) is 24.3 Å². The van der Waals surface area contributed by atoms with Crippen LogP contribution in [0.2, 0.25) is 0 Å². The Morgan fingerprint density at radius 3 is 2.90 bits per heavy atom. The molecule has 0 radical (unpaired) electrons. The second-order valence-electron chi connectivity index (χ2n) is 7.76. The number of ether oxygens (including phenoxy) is 2. The van der Waals surface area contributed by atoms with Gasteiger partial charge in [-0.1, -0.05) is 6.07 Å². The van der Waals surface area contributed by atoms with Gasteiger partial charge in [0, 0.05) is 31.3 Å². The Morgan fingerprint density at radius 2 is 2.10 bits per heavy atom. The van der Waals surface area contributed by atoms with E-state index in [1.165, 1.54) is 5.56 Å². The highest BCUT2D eigenvalue weighted by molar-refractivity contribution is 5.80. The molecule has 3 aromatic rings. The molecule has 4 rings (SSSR count). The number of benzene rings is 2. The number of fused-ring (bicyclic) bond motifs is 1. The van der Waals surface area contributed by atoms with Crippen LogP contribution in [0.25, 0.3) is 11.0 Å². The van der Waals surface area contributed by atoms with Crippen LogP contribution < -0.4 is 19.7 Å². The van der Waals surface area contributed by atoms with Gasteiger partial charge in [0.2, 0.25) is 11.9 Å². The maximum Gasteiger partial charge on any atom is 0.225 e. The van der Waals surface area contributed by atoms with Crippen LogP contribution in [0.5, 0.6) is 11.5 Å². The first-order valence-corrected chi connectivity index (χ1v) is 10.3. The second-order valence-corrected chi connectivity index (χ2v) is 7.76. The van der Waals surface area contributed by atoms with Gasteiger partial charge >= 0.3 is 0 Å². The molecule has 1 amide bonds. The summed E-state index contributed by atoms with van der Waals surface area (Å²) in [5, 5.41) is 3.07. The first-order chi connectivity index (χ1) is 14.6. The average molecular weight is 409 g/mol. The van der Waals surface area contributed by atoms with Crippen LogP contribution in [0.15, 0.2) is 36.4 Å². The summed E-state index contributed by atoms with van der Waals surface area (Å²) in [5.41, 5.74) is 4.10. The lowest BCUT2D eigenvalue weighted by atomic mass is 9.97. The topological polar surface area (TPSA) is 79.5 Å². The number of aromatic nitrogens is 2. The monoisotopic (exact) mass is 408 g/mol. The molecule has 1 fully saturated rings. The standard InChI is InChI=1S/C23H28N4O3/c1-15-6-9-19-20(11-15)26-23(25-19)27-10-4-5-17(14-27)22(28)24-13-16-7-8-18(29-2)12-21(16)30-3/h6-9,11-12,17H,4-5,10,13-14H2,1-3H3,(H,24,28)(H,25,26). The summed E-state index contributed by atoms with van der Waals surface area (Å²) in [6.07, 6.45) is 1.83. The lowest BCUT2D eigenvalue weighted by Gasteiger charge is -2.31. The molecule has 158 valence electrons. The first kappa shape index (κ1) is 20.1. The molecule has 1 saturated heterocycles. The summed E-state index contributed by atoms with van der Waals surface area (Å²) >= 11 is 0. The van der Waals surface area contributed by atoms with Crippen molar-refractivity contribution in [1.29, 1.82) is 0 Å². The van der Waals surface area contributed by atoms with Crippen LogP contribution >= 0.6 is 0 Å². The molecule has 0 bridgehead atoms. The predicted octanol–water partition coefficient (Wildman–Crippen LogP) is 3.42. The molecule has 2 heterocycles. The largest absolute Gasteiger partial charge is 0.497 e. The predicted molar refractivity (Wildman–Crippen MR) is 117 cm³/mol. The minimum atomic E-state index is -0.0714. The van der Waals surface area contributed by atoms with Crippen molar-refractivity contribution < 1.29 is 14.3 Å². The molecule has 1 aromatic heterocycles. The number of carbonyl (C=O) groups excluding carboxylic acids is 1. The van der Waals surface area contributed by atoms with Crippen molar-refractivity contribution in [3.8, 4) is 11.5 Å². The molecule has 0 spiro atoms. The van der Waals surface area contributed by atoms with Crippen molar-refractivity contribution in [2.45, 2.75) is 26.3 Å². The molecule has 30 heavy (non-hydrogen) atoms. The number of methoxy groups -OCH3 is 2. The van der Waals surface area contributed by atoms with Crippen molar-refractivity contribution >= 4 is 22.9 Å². The number of amides is 1. The smallest absolute Gasteiger partial charge is 0.225 e. The number of imidazole rings is 1. The number of aryl methyl sites for hydroxylation is 1. The number of nitrogens with zero attached hydrogens (tertiary/aromatic N) is 2. The summed E-state index contributed by atoms with van der Waals surface area (Å²) in [5.74, 6) is 2.26. The van der Waals surface area contributed by atoms with Crippen LogP contribution in [-0.4, -0.2) is 43.2 Å². The SMILES string of the molecule is COc1ccc(CNC(=O)C2CCCN(c3nc4ccc(C)cc4[nH]3)C2)c(OC)c1. The van der Waals surface area contributed by atoms with Crippen molar-refractivity contribution in [2.75, 3.05) is 32.2 Å². The third kappa shape index (κ3) is 4.20. The molecule has 0 saturated carbocycles. The Hall–Kier alpha value is -3.22. The summed E-state index contributed by atoms with van der Waals surface area (Å²) in [4.78, 5) is 23.1. The Bertz CT molecular complexity index is 1050. The number of anilines is 1. The third-order valence-electron chi connectivity index (χ3n) is 5.66. The molecule has 1 aliphatic heterocycles. The normalized spacial score (nSPS) is 16.5. The Balaban J connectivity index is 1.41. The van der Waals surface area contributed by atoms with Gasteiger partial charge in [0.15, 0.2) is 0 Å². The number of hydrogen-bond donors (Lipinski definition) is 2. The quantitative estimate of drug-likeness (QED) is 0.653. The Labute approximate surface area is 176 Å². The number of carbonyl (C=O) groups is 1. The zero-order chi connectivity index (χ0) is 21.1. The Kier molecular flexibility index (Phi) is 5.79. The van der Waals surface area contributed by atoms with E-state index in [4.69, 9.17) is 14.5 Å². The summed E-state index contributed by atoms with van der Waals surface area (Å²) < 4.78 is 10.7. The zero-order valence-electron chi connectivity index (χ0n) is 17.7. The van der Waals surface area contributed by atoms with Gasteiger partial charge in [-0.3, -0.25) is 4.79 Å². The van der Waals surface area contributed by atoms with Gasteiger partial charge in [-0.25, -0.2) is 4.98 Å². The molecular formula is C23H28N4O3. The van der Waals surface area contributed by atoms with Gasteiger partial charge in [-0.05, 0) is 49.6 Å². The van der Waals surface area contributed by atoms with E-state index in [0.29, 0.717) is 18.8 Å². The zero-order valence-corrected chi connectivity index (χ0v) is 17.7. The molecule has 1 aliphatic rings. The number of aromatic amines is 1. The maximum atomic E-state index is 12.9.